The molecule has 0 spiro atoms. The van der Waals surface area contributed by atoms with E-state index in [9.17, 15) is 0 Å². The van der Waals surface area contributed by atoms with Gasteiger partial charge in [-0.2, -0.15) is 0 Å². The van der Waals surface area contributed by atoms with Crippen molar-refractivity contribution in [3.8, 4) is 5.75 Å². The van der Waals surface area contributed by atoms with E-state index in [2.05, 4.69) is 47.2 Å². The van der Waals surface area contributed by atoms with E-state index in [1.807, 2.05) is 0 Å². The maximum absolute atomic E-state index is 6.06. The fraction of sp³-hybridized carbons (Fsp3) is 0.647. The van der Waals surface area contributed by atoms with E-state index in [0.29, 0.717) is 6.10 Å². The molecule has 4 heteroatoms. The third kappa shape index (κ3) is 5.28. The minimum absolute atomic E-state index is 0.459. The molecule has 0 saturated carbocycles. The SMILES string of the molecule is CCNCc1cc(Br)cc(C)c1OCCCC1CCCO1. The molecule has 1 aliphatic rings. The predicted molar refractivity (Wildman–Crippen MR) is 90.0 cm³/mol. The van der Waals surface area contributed by atoms with E-state index in [0.717, 1.165) is 49.4 Å². The summed E-state index contributed by atoms with van der Waals surface area (Å²) in [5.41, 5.74) is 2.41. The molecule has 1 atom stereocenters. The van der Waals surface area contributed by atoms with Gasteiger partial charge in [-0.25, -0.2) is 0 Å². The molecule has 1 fully saturated rings. The van der Waals surface area contributed by atoms with E-state index < -0.39 is 0 Å². The van der Waals surface area contributed by atoms with E-state index in [-0.39, 0.29) is 0 Å². The van der Waals surface area contributed by atoms with Gasteiger partial charge in [-0.15, -0.1) is 0 Å². The molecular weight excluding hydrogens is 330 g/mol. The van der Waals surface area contributed by atoms with Gasteiger partial charge in [0.1, 0.15) is 5.75 Å². The first-order valence-corrected chi connectivity index (χ1v) is 8.74. The minimum Gasteiger partial charge on any atom is -0.493 e. The van der Waals surface area contributed by atoms with Crippen molar-refractivity contribution >= 4 is 15.9 Å². The van der Waals surface area contributed by atoms with Crippen LogP contribution in [0, 0.1) is 6.92 Å². The van der Waals surface area contributed by atoms with Crippen LogP contribution in [0.25, 0.3) is 0 Å². The average Bonchev–Trinajstić information content (AvgIpc) is 2.96. The first-order chi connectivity index (χ1) is 10.2. The Morgan fingerprint density at radius 1 is 1.43 bits per heavy atom. The highest BCUT2D eigenvalue weighted by Crippen LogP contribution is 2.28. The number of nitrogens with one attached hydrogen (secondary N) is 1. The van der Waals surface area contributed by atoms with Gasteiger partial charge in [0, 0.05) is 23.2 Å². The van der Waals surface area contributed by atoms with Gasteiger partial charge in [0.2, 0.25) is 0 Å². The summed E-state index contributed by atoms with van der Waals surface area (Å²) in [7, 11) is 0. The second kappa shape index (κ2) is 8.76. The second-order valence-corrected chi connectivity index (χ2v) is 6.53. The van der Waals surface area contributed by atoms with E-state index in [4.69, 9.17) is 9.47 Å². The zero-order valence-corrected chi connectivity index (χ0v) is 14.7. The van der Waals surface area contributed by atoms with Gasteiger partial charge in [-0.3, -0.25) is 0 Å². The fourth-order valence-electron chi connectivity index (χ4n) is 2.75. The number of benzene rings is 1. The average molecular weight is 356 g/mol. The summed E-state index contributed by atoms with van der Waals surface area (Å²) in [5.74, 6) is 1.03. The Labute approximate surface area is 136 Å². The monoisotopic (exact) mass is 355 g/mol. The van der Waals surface area contributed by atoms with Crippen LogP contribution < -0.4 is 10.1 Å². The van der Waals surface area contributed by atoms with Crippen LogP contribution in [-0.4, -0.2) is 25.9 Å². The third-order valence-electron chi connectivity index (χ3n) is 3.82. The van der Waals surface area contributed by atoms with Crippen LogP contribution in [0.4, 0.5) is 0 Å². The van der Waals surface area contributed by atoms with Crippen LogP contribution in [0.15, 0.2) is 16.6 Å². The molecule has 1 aromatic carbocycles. The fourth-order valence-corrected chi connectivity index (χ4v) is 3.37. The third-order valence-corrected chi connectivity index (χ3v) is 4.28. The Bertz CT molecular complexity index is 445. The Morgan fingerprint density at radius 3 is 3.00 bits per heavy atom. The molecule has 0 aliphatic carbocycles. The molecule has 0 aromatic heterocycles. The highest BCUT2D eigenvalue weighted by molar-refractivity contribution is 9.10. The molecule has 21 heavy (non-hydrogen) atoms. The predicted octanol–water partition coefficient (Wildman–Crippen LogP) is 4.21. The number of rotatable bonds is 8. The van der Waals surface area contributed by atoms with Crippen molar-refractivity contribution in [2.45, 2.75) is 52.2 Å². The van der Waals surface area contributed by atoms with Crippen molar-refractivity contribution in [2.24, 2.45) is 0 Å². The molecular formula is C17H26BrNO2. The number of ether oxygens (including phenoxy) is 2. The Morgan fingerprint density at radius 2 is 2.29 bits per heavy atom. The summed E-state index contributed by atoms with van der Waals surface area (Å²) in [5, 5.41) is 3.37. The van der Waals surface area contributed by atoms with Gasteiger partial charge in [0.15, 0.2) is 0 Å². The van der Waals surface area contributed by atoms with Crippen molar-refractivity contribution in [2.75, 3.05) is 19.8 Å². The largest absolute Gasteiger partial charge is 0.493 e. The van der Waals surface area contributed by atoms with Gasteiger partial charge in [0.05, 0.1) is 12.7 Å². The van der Waals surface area contributed by atoms with Gasteiger partial charge < -0.3 is 14.8 Å². The van der Waals surface area contributed by atoms with E-state index in [1.54, 1.807) is 0 Å². The highest BCUT2D eigenvalue weighted by Gasteiger charge is 2.15. The molecule has 0 radical (unpaired) electrons. The minimum atomic E-state index is 0.459. The van der Waals surface area contributed by atoms with E-state index >= 15 is 0 Å². The molecule has 2 rings (SSSR count). The van der Waals surface area contributed by atoms with Crippen LogP contribution in [0.2, 0.25) is 0 Å². The molecule has 1 heterocycles. The topological polar surface area (TPSA) is 30.5 Å². The van der Waals surface area contributed by atoms with Gasteiger partial charge in [-0.1, -0.05) is 22.9 Å². The zero-order chi connectivity index (χ0) is 15.1. The van der Waals surface area contributed by atoms with Gasteiger partial charge in [0.25, 0.3) is 0 Å². The second-order valence-electron chi connectivity index (χ2n) is 5.62. The first kappa shape index (κ1) is 16.8. The molecule has 1 aromatic rings. The summed E-state index contributed by atoms with van der Waals surface area (Å²) in [6.45, 7) is 7.73. The number of halogens is 1. The molecule has 1 saturated heterocycles. The van der Waals surface area contributed by atoms with Crippen LogP contribution in [-0.2, 0) is 11.3 Å². The quantitative estimate of drug-likeness (QED) is 0.708. The molecule has 1 unspecified atom stereocenters. The zero-order valence-electron chi connectivity index (χ0n) is 13.1. The van der Waals surface area contributed by atoms with Crippen molar-refractivity contribution < 1.29 is 9.47 Å². The first-order valence-electron chi connectivity index (χ1n) is 7.95. The molecule has 1 aliphatic heterocycles. The Hall–Kier alpha value is -0.580. The maximum Gasteiger partial charge on any atom is 0.126 e. The van der Waals surface area contributed by atoms with Crippen LogP contribution in [0.3, 0.4) is 0 Å². The van der Waals surface area contributed by atoms with Crippen molar-refractivity contribution in [1.29, 1.82) is 0 Å². The standard InChI is InChI=1S/C17H26BrNO2/c1-3-19-12-14-11-15(18)10-13(2)17(14)21-9-5-7-16-6-4-8-20-16/h10-11,16,19H,3-9,12H2,1-2H3. The Kier molecular flexibility index (Phi) is 7.00. The van der Waals surface area contributed by atoms with Crippen molar-refractivity contribution in [1.82, 2.24) is 5.32 Å². The smallest absolute Gasteiger partial charge is 0.126 e. The lowest BCUT2D eigenvalue weighted by Gasteiger charge is -2.16. The number of hydrogen-bond donors (Lipinski definition) is 1. The van der Waals surface area contributed by atoms with Crippen molar-refractivity contribution in [3.05, 3.63) is 27.7 Å². The maximum atomic E-state index is 6.06. The summed E-state index contributed by atoms with van der Waals surface area (Å²) in [4.78, 5) is 0. The van der Waals surface area contributed by atoms with Gasteiger partial charge >= 0.3 is 0 Å². The van der Waals surface area contributed by atoms with Crippen LogP contribution >= 0.6 is 15.9 Å². The lowest BCUT2D eigenvalue weighted by atomic mass is 10.1. The molecule has 1 N–H and O–H groups in total. The summed E-state index contributed by atoms with van der Waals surface area (Å²) in [6, 6.07) is 4.26. The molecule has 0 amide bonds. The number of aryl methyl sites for hydroxylation is 1. The van der Waals surface area contributed by atoms with Crippen molar-refractivity contribution in [3.63, 3.8) is 0 Å². The molecule has 0 bridgehead atoms. The Balaban J connectivity index is 1.87. The van der Waals surface area contributed by atoms with Crippen LogP contribution in [0.1, 0.15) is 43.7 Å². The van der Waals surface area contributed by atoms with E-state index in [1.165, 1.54) is 24.0 Å². The molecule has 3 nitrogen and oxygen atoms in total. The summed E-state index contributed by atoms with van der Waals surface area (Å²) >= 11 is 3.57. The summed E-state index contributed by atoms with van der Waals surface area (Å²) in [6.07, 6.45) is 5.05. The summed E-state index contributed by atoms with van der Waals surface area (Å²) < 4.78 is 12.8. The van der Waals surface area contributed by atoms with Gasteiger partial charge in [-0.05, 0) is 56.8 Å². The molecule has 118 valence electrons. The number of hydrogen-bond acceptors (Lipinski definition) is 3. The lowest BCUT2D eigenvalue weighted by molar-refractivity contribution is 0.0980. The van der Waals surface area contributed by atoms with Crippen LogP contribution in [0.5, 0.6) is 5.75 Å². The highest BCUT2D eigenvalue weighted by atomic mass is 79.9. The normalized spacial score (nSPS) is 18.1. The lowest BCUT2D eigenvalue weighted by Crippen LogP contribution is -2.14.